The van der Waals surface area contributed by atoms with E-state index in [0.717, 1.165) is 36.6 Å². The molecule has 2 aromatic rings. The van der Waals surface area contributed by atoms with Crippen LogP contribution in [-0.4, -0.2) is 34.9 Å². The zero-order chi connectivity index (χ0) is 13.8. The number of nitrogens with one attached hydrogen (secondary N) is 2. The number of nitrogens with two attached hydrogens (primary N) is 1. The molecule has 0 saturated heterocycles. The van der Waals surface area contributed by atoms with E-state index in [1.807, 2.05) is 6.07 Å². The Morgan fingerprint density at radius 1 is 1.25 bits per heavy atom. The van der Waals surface area contributed by atoms with Crippen molar-refractivity contribution in [1.82, 2.24) is 15.2 Å². The van der Waals surface area contributed by atoms with Gasteiger partial charge in [0.25, 0.3) is 0 Å². The van der Waals surface area contributed by atoms with Crippen LogP contribution in [0.1, 0.15) is 12.2 Å². The number of aromatic nitrogens is 3. The van der Waals surface area contributed by atoms with Gasteiger partial charge in [-0.05, 0) is 6.42 Å². The van der Waals surface area contributed by atoms with Crippen molar-refractivity contribution in [3.8, 4) is 11.5 Å². The third-order valence-electron chi connectivity index (χ3n) is 3.09. The van der Waals surface area contributed by atoms with Gasteiger partial charge in [-0.3, -0.25) is 5.10 Å². The number of fused-ring (bicyclic) bond motifs is 1. The number of anilines is 2. The summed E-state index contributed by atoms with van der Waals surface area (Å²) >= 11 is 0. The first kappa shape index (κ1) is 12.6. The number of nitrogen functional groups attached to an aromatic ring is 1. The molecule has 0 spiro atoms. The summed E-state index contributed by atoms with van der Waals surface area (Å²) in [4.78, 5) is 4.08. The Morgan fingerprint density at radius 3 is 2.80 bits per heavy atom. The Bertz CT molecular complexity index is 570. The molecule has 1 aliphatic rings. The third-order valence-corrected chi connectivity index (χ3v) is 3.09. The van der Waals surface area contributed by atoms with Gasteiger partial charge in [0.2, 0.25) is 0 Å². The SMILES string of the molecule is Nc1cc2c(cc1NCCCc1ncn[nH]1)OCCO2. The first-order valence-electron chi connectivity index (χ1n) is 6.60. The number of nitrogens with zero attached hydrogens (tertiary/aromatic N) is 2. The first-order valence-corrected chi connectivity index (χ1v) is 6.60. The molecule has 7 nitrogen and oxygen atoms in total. The van der Waals surface area contributed by atoms with Gasteiger partial charge in [-0.1, -0.05) is 0 Å². The first-order chi connectivity index (χ1) is 9.83. The molecule has 0 atom stereocenters. The molecule has 106 valence electrons. The molecule has 0 amide bonds. The van der Waals surface area contributed by atoms with Crippen LogP contribution in [0.2, 0.25) is 0 Å². The van der Waals surface area contributed by atoms with Gasteiger partial charge in [-0.2, -0.15) is 5.10 Å². The van der Waals surface area contributed by atoms with E-state index < -0.39 is 0 Å². The van der Waals surface area contributed by atoms with E-state index in [0.29, 0.717) is 24.7 Å². The van der Waals surface area contributed by atoms with Gasteiger partial charge in [0.05, 0.1) is 11.4 Å². The fraction of sp³-hybridized carbons (Fsp3) is 0.385. The summed E-state index contributed by atoms with van der Waals surface area (Å²) in [5.74, 6) is 2.34. The van der Waals surface area contributed by atoms with Crippen LogP contribution in [0, 0.1) is 0 Å². The Hall–Kier alpha value is -2.44. The van der Waals surface area contributed by atoms with Crippen LogP contribution in [0.5, 0.6) is 11.5 Å². The van der Waals surface area contributed by atoms with Gasteiger partial charge < -0.3 is 20.5 Å². The van der Waals surface area contributed by atoms with Crippen molar-refractivity contribution in [2.75, 3.05) is 30.8 Å². The number of rotatable bonds is 5. The fourth-order valence-electron chi connectivity index (χ4n) is 2.09. The molecule has 1 aromatic heterocycles. The third kappa shape index (κ3) is 2.76. The molecule has 0 bridgehead atoms. The molecule has 4 N–H and O–H groups in total. The smallest absolute Gasteiger partial charge is 0.163 e. The lowest BCUT2D eigenvalue weighted by molar-refractivity contribution is 0.172. The van der Waals surface area contributed by atoms with Crippen LogP contribution in [-0.2, 0) is 6.42 Å². The van der Waals surface area contributed by atoms with E-state index in [4.69, 9.17) is 15.2 Å². The summed E-state index contributed by atoms with van der Waals surface area (Å²) in [6.45, 7) is 1.93. The van der Waals surface area contributed by atoms with E-state index in [-0.39, 0.29) is 0 Å². The monoisotopic (exact) mass is 275 g/mol. The molecule has 0 radical (unpaired) electrons. The normalized spacial score (nSPS) is 13.2. The van der Waals surface area contributed by atoms with Crippen molar-refractivity contribution in [2.24, 2.45) is 0 Å². The zero-order valence-electron chi connectivity index (χ0n) is 11.1. The average Bonchev–Trinajstić information content (AvgIpc) is 2.97. The van der Waals surface area contributed by atoms with Crippen molar-refractivity contribution < 1.29 is 9.47 Å². The Balaban J connectivity index is 1.57. The molecule has 0 saturated carbocycles. The maximum absolute atomic E-state index is 5.99. The van der Waals surface area contributed by atoms with Crippen LogP contribution in [0.3, 0.4) is 0 Å². The molecule has 2 heterocycles. The summed E-state index contributed by atoms with van der Waals surface area (Å²) in [5.41, 5.74) is 7.52. The van der Waals surface area contributed by atoms with Gasteiger partial charge in [0.1, 0.15) is 25.4 Å². The average molecular weight is 275 g/mol. The number of ether oxygens (including phenoxy) is 2. The predicted octanol–water partition coefficient (Wildman–Crippen LogP) is 1.20. The van der Waals surface area contributed by atoms with Crippen LogP contribution in [0.25, 0.3) is 0 Å². The van der Waals surface area contributed by atoms with Gasteiger partial charge in [0.15, 0.2) is 11.5 Å². The van der Waals surface area contributed by atoms with E-state index in [1.165, 1.54) is 6.33 Å². The molecule has 1 aromatic carbocycles. The number of aryl methyl sites for hydroxylation is 1. The Kier molecular flexibility index (Phi) is 3.58. The predicted molar refractivity (Wildman–Crippen MR) is 75.0 cm³/mol. The van der Waals surface area contributed by atoms with Crippen molar-refractivity contribution in [2.45, 2.75) is 12.8 Å². The van der Waals surface area contributed by atoms with Crippen LogP contribution < -0.4 is 20.5 Å². The molecule has 3 rings (SSSR count). The maximum atomic E-state index is 5.99. The second kappa shape index (κ2) is 5.68. The molecule has 0 aliphatic carbocycles. The van der Waals surface area contributed by atoms with Crippen molar-refractivity contribution in [1.29, 1.82) is 0 Å². The van der Waals surface area contributed by atoms with Crippen LogP contribution >= 0.6 is 0 Å². The number of hydrogen-bond donors (Lipinski definition) is 3. The largest absolute Gasteiger partial charge is 0.486 e. The highest BCUT2D eigenvalue weighted by Crippen LogP contribution is 2.36. The Morgan fingerprint density at radius 2 is 2.05 bits per heavy atom. The summed E-state index contributed by atoms with van der Waals surface area (Å²) in [5, 5.41) is 9.96. The van der Waals surface area contributed by atoms with Crippen LogP contribution in [0.4, 0.5) is 11.4 Å². The summed E-state index contributed by atoms with van der Waals surface area (Å²) < 4.78 is 11.0. The lowest BCUT2D eigenvalue weighted by atomic mass is 10.2. The number of benzene rings is 1. The maximum Gasteiger partial charge on any atom is 0.163 e. The number of H-pyrrole nitrogens is 1. The van der Waals surface area contributed by atoms with E-state index in [2.05, 4.69) is 20.5 Å². The second-order valence-corrected chi connectivity index (χ2v) is 4.55. The van der Waals surface area contributed by atoms with E-state index in [9.17, 15) is 0 Å². The lowest BCUT2D eigenvalue weighted by Gasteiger charge is -2.20. The minimum Gasteiger partial charge on any atom is -0.486 e. The second-order valence-electron chi connectivity index (χ2n) is 4.55. The quantitative estimate of drug-likeness (QED) is 0.560. The molecular formula is C13H17N5O2. The minimum atomic E-state index is 0.566. The van der Waals surface area contributed by atoms with Gasteiger partial charge >= 0.3 is 0 Å². The molecular weight excluding hydrogens is 258 g/mol. The topological polar surface area (TPSA) is 98.1 Å². The standard InChI is InChI=1S/C13H17N5O2/c14-9-6-11-12(20-5-4-19-11)7-10(9)15-3-1-2-13-16-8-17-18-13/h6-8,15H,1-5,14H2,(H,16,17,18). The molecule has 7 heteroatoms. The van der Waals surface area contributed by atoms with Crippen molar-refractivity contribution in [3.05, 3.63) is 24.3 Å². The summed E-state index contributed by atoms with van der Waals surface area (Å²) in [6, 6.07) is 3.69. The highest BCUT2D eigenvalue weighted by Gasteiger charge is 2.14. The Labute approximate surface area is 116 Å². The number of hydrogen-bond acceptors (Lipinski definition) is 6. The minimum absolute atomic E-state index is 0.566. The molecule has 20 heavy (non-hydrogen) atoms. The highest BCUT2D eigenvalue weighted by atomic mass is 16.6. The molecule has 0 unspecified atom stereocenters. The van der Waals surface area contributed by atoms with Crippen molar-refractivity contribution >= 4 is 11.4 Å². The lowest BCUT2D eigenvalue weighted by Crippen LogP contribution is -2.16. The van der Waals surface area contributed by atoms with Gasteiger partial charge in [-0.15, -0.1) is 0 Å². The summed E-state index contributed by atoms with van der Waals surface area (Å²) in [6.07, 6.45) is 3.29. The molecule has 0 fully saturated rings. The van der Waals surface area contributed by atoms with Crippen molar-refractivity contribution in [3.63, 3.8) is 0 Å². The highest BCUT2D eigenvalue weighted by molar-refractivity contribution is 5.72. The van der Waals surface area contributed by atoms with E-state index in [1.54, 1.807) is 6.07 Å². The van der Waals surface area contributed by atoms with Crippen LogP contribution in [0.15, 0.2) is 18.5 Å². The molecule has 1 aliphatic heterocycles. The van der Waals surface area contributed by atoms with Gasteiger partial charge in [0, 0.05) is 25.1 Å². The number of aromatic amines is 1. The zero-order valence-corrected chi connectivity index (χ0v) is 11.1. The summed E-state index contributed by atoms with van der Waals surface area (Å²) in [7, 11) is 0. The van der Waals surface area contributed by atoms with E-state index >= 15 is 0 Å². The fourth-order valence-corrected chi connectivity index (χ4v) is 2.09. The van der Waals surface area contributed by atoms with Gasteiger partial charge in [-0.25, -0.2) is 4.98 Å².